The molecule has 0 fully saturated rings. The highest BCUT2D eigenvalue weighted by atomic mass is 15.3. The SMILES string of the molecule is C[N+](C)(C)Cc1ccc(C2=C3N=C(C(c4ccccc4)=C3c3ccccc3)C(c3ccc(C[N+](C)(C)C)cc3)=c3[nH]c(c(-c4ccccc4)c3-c3ccccc3)=C(c3ccc(C[N+](C)(C)C)cc3)C3=NC(=C(c4ccc(C[N+](C)(C)C)cc4)c4[nH]c2c(-c2ccccc2)c4-c2ccccc2)C(c2ccccc2)=C3c2ccccc2)cc1. The number of fused-ring (bicyclic) bond motifs is 10. The molecule has 12 aromatic carbocycles. The van der Waals surface area contributed by atoms with Crippen LogP contribution in [-0.4, -0.2) is 124 Å². The number of aromatic nitrogens is 2. The molecule has 8 bridgehead atoms. The summed E-state index contributed by atoms with van der Waals surface area (Å²) in [6, 6.07) is 127. The first-order valence-electron chi connectivity index (χ1n) is 40.5. The maximum atomic E-state index is 6.72. The number of nitrogens with zero attached hydrogens (tertiary/aromatic N) is 6. The molecule has 8 heteroatoms. The number of quaternary nitrogens is 4. The molecule has 0 spiro atoms. The van der Waals surface area contributed by atoms with Crippen LogP contribution in [0.2, 0.25) is 0 Å². The molecule has 0 amide bonds. The molecule has 4 heterocycles. The molecule has 0 atom stereocenters. The van der Waals surface area contributed by atoms with Gasteiger partial charge in [-0.25, -0.2) is 9.98 Å². The van der Waals surface area contributed by atoms with E-state index in [1.54, 1.807) is 0 Å². The first-order valence-corrected chi connectivity index (χ1v) is 40.5. The van der Waals surface area contributed by atoms with Crippen molar-refractivity contribution >= 4 is 56.0 Å². The van der Waals surface area contributed by atoms with E-state index in [0.717, 1.165) is 223 Å². The minimum Gasteiger partial charge on any atom is -0.353 e. The molecule has 8 nitrogen and oxygen atoms in total. The van der Waals surface area contributed by atoms with Crippen LogP contribution in [-0.2, 0) is 26.2 Å². The Balaban J connectivity index is 1.22. The smallest absolute Gasteiger partial charge is 0.104 e. The van der Waals surface area contributed by atoms with Crippen LogP contribution in [0.1, 0.15) is 78.1 Å². The lowest BCUT2D eigenvalue weighted by Crippen LogP contribution is -2.33. The summed E-state index contributed by atoms with van der Waals surface area (Å²) in [7, 11) is 27.2. The molecule has 2 aliphatic heterocycles. The Morgan fingerprint density at radius 2 is 0.388 bits per heavy atom. The zero-order valence-electron chi connectivity index (χ0n) is 68.8. The molecule has 2 aromatic heterocycles. The molecule has 0 unspecified atom stereocenters. The third-order valence-corrected chi connectivity index (χ3v) is 21.9. The second-order valence-corrected chi connectivity index (χ2v) is 35.4. The first kappa shape index (κ1) is 75.7. The summed E-state index contributed by atoms with van der Waals surface area (Å²) >= 11 is 0. The molecule has 14 aromatic rings. The fourth-order valence-corrected chi connectivity index (χ4v) is 17.4. The van der Waals surface area contributed by atoms with E-state index in [1.165, 1.54) is 22.3 Å². The monoisotopic (exact) mass is 1510 g/mol. The van der Waals surface area contributed by atoms with Gasteiger partial charge in [-0.1, -0.05) is 340 Å². The van der Waals surface area contributed by atoms with Gasteiger partial charge in [0.05, 0.1) is 129 Å². The molecule has 116 heavy (non-hydrogen) atoms. The average molecular weight is 1510 g/mol. The Hall–Kier alpha value is -12.9. The molecule has 570 valence electrons. The van der Waals surface area contributed by atoms with Gasteiger partial charge in [0.25, 0.3) is 0 Å². The van der Waals surface area contributed by atoms with Crippen LogP contribution >= 0.6 is 0 Å². The van der Waals surface area contributed by atoms with E-state index in [1.807, 2.05) is 0 Å². The maximum Gasteiger partial charge on any atom is 0.104 e. The summed E-state index contributed by atoms with van der Waals surface area (Å²) in [5.41, 5.74) is 34.4. The van der Waals surface area contributed by atoms with Crippen LogP contribution in [0.15, 0.2) is 361 Å². The van der Waals surface area contributed by atoms with Gasteiger partial charge in [-0.3, -0.25) is 0 Å². The number of aromatic amines is 2. The van der Waals surface area contributed by atoms with E-state index in [9.17, 15) is 0 Å². The van der Waals surface area contributed by atoms with Crippen molar-refractivity contribution in [2.24, 2.45) is 9.98 Å². The third kappa shape index (κ3) is 15.6. The Morgan fingerprint density at radius 1 is 0.190 bits per heavy atom. The molecule has 17 rings (SSSR count). The second-order valence-electron chi connectivity index (χ2n) is 35.4. The number of hydrogen-bond donors (Lipinski definition) is 2. The van der Waals surface area contributed by atoms with Gasteiger partial charge in [-0.05, 0) is 66.8 Å². The van der Waals surface area contributed by atoms with Crippen LogP contribution in [0.4, 0.5) is 0 Å². The molecule has 0 saturated heterocycles. The zero-order valence-corrected chi connectivity index (χ0v) is 68.8. The van der Waals surface area contributed by atoms with Gasteiger partial charge in [0.2, 0.25) is 0 Å². The van der Waals surface area contributed by atoms with Crippen LogP contribution in [0.5, 0.6) is 0 Å². The fraction of sp³-hybridized carbons (Fsp3) is 0.148. The van der Waals surface area contributed by atoms with Gasteiger partial charge in [-0.15, -0.1) is 0 Å². The summed E-state index contributed by atoms with van der Waals surface area (Å²) < 4.78 is 3.05. The zero-order chi connectivity index (χ0) is 80.0. The minimum absolute atomic E-state index is 0.763. The highest BCUT2D eigenvalue weighted by Gasteiger charge is 2.40. The number of rotatable bonds is 20. The quantitative estimate of drug-likeness (QED) is 0.0715. The fourth-order valence-electron chi connectivity index (χ4n) is 17.4. The van der Waals surface area contributed by atoms with Crippen LogP contribution < -0.4 is 10.7 Å². The summed E-state index contributed by atoms with van der Waals surface area (Å²) in [5, 5.41) is 1.83. The van der Waals surface area contributed by atoms with E-state index < -0.39 is 0 Å². The van der Waals surface area contributed by atoms with Gasteiger partial charge in [0.1, 0.15) is 26.2 Å². The van der Waals surface area contributed by atoms with E-state index in [2.05, 4.69) is 434 Å². The molecule has 0 saturated carbocycles. The summed E-state index contributed by atoms with van der Waals surface area (Å²) in [4.78, 5) is 22.7. The lowest BCUT2D eigenvalue weighted by atomic mass is 9.83. The molecule has 0 radical (unpaired) electrons. The average Bonchev–Trinajstić information content (AvgIpc) is 1.55. The number of nitrogens with one attached hydrogen (secondary N) is 2. The highest BCUT2D eigenvalue weighted by Crippen LogP contribution is 2.55. The van der Waals surface area contributed by atoms with Crippen molar-refractivity contribution in [3.8, 4) is 44.5 Å². The topological polar surface area (TPSA) is 56.3 Å². The lowest BCUT2D eigenvalue weighted by molar-refractivity contribution is -0.884. The van der Waals surface area contributed by atoms with Gasteiger partial charge < -0.3 is 27.9 Å². The van der Waals surface area contributed by atoms with Crippen molar-refractivity contribution in [2.45, 2.75) is 26.2 Å². The van der Waals surface area contributed by atoms with Crippen LogP contribution in [0, 0.1) is 0 Å². The van der Waals surface area contributed by atoms with Gasteiger partial charge in [-0.2, -0.15) is 0 Å². The van der Waals surface area contributed by atoms with Crippen LogP contribution in [0.3, 0.4) is 0 Å². The number of hydrogen-bond acceptors (Lipinski definition) is 2. The van der Waals surface area contributed by atoms with Gasteiger partial charge in [0, 0.05) is 89.1 Å². The second kappa shape index (κ2) is 31.1. The normalized spacial score (nSPS) is 14.1. The molecular formula is C108H102N8+4. The van der Waals surface area contributed by atoms with Crippen molar-refractivity contribution in [3.05, 3.63) is 440 Å². The number of aliphatic imine (C=N–C) groups is 2. The van der Waals surface area contributed by atoms with E-state index in [0.29, 0.717) is 0 Å². The van der Waals surface area contributed by atoms with Crippen molar-refractivity contribution in [3.63, 3.8) is 0 Å². The predicted molar refractivity (Wildman–Crippen MR) is 487 cm³/mol. The standard InChI is InChI=1S/C108H102N8/c1-113(2,3)69-73-53-61-85(62-54-73)97-101-89(77-37-21-13-22-38-77)91(79-41-25-15-26-42-79)103(109-101)98(86-63-55-74(56-64-86)70-114(4,5)6)105-93(81-45-29-17-30-46-81)95(83-49-33-19-34-50-83)107(111-105)100(88-67-59-76(60-68-88)72-116(10,11)12)108-96(84-51-35-20-36-52-84)94(82-47-31-18-32-48-82)106(112-108)99(87-65-57-75(58-66-87)71-115(7,8)9)104-92(80-43-27-16-28-44-80)90(102(97)110-104)78-39-23-14-24-40-78/h13-68,109,112H,69-72H2,1-12H3/q+4. The largest absolute Gasteiger partial charge is 0.353 e. The highest BCUT2D eigenvalue weighted by molar-refractivity contribution is 6.53. The molecule has 1 aliphatic carbocycles. The summed E-state index contributed by atoms with van der Waals surface area (Å²) in [6.07, 6.45) is 0. The Bertz CT molecular complexity index is 5930. The van der Waals surface area contributed by atoms with E-state index in [4.69, 9.17) is 9.98 Å². The minimum atomic E-state index is 0.763. The summed E-state index contributed by atoms with van der Waals surface area (Å²) in [5.74, 6) is 0. The van der Waals surface area contributed by atoms with E-state index in [-0.39, 0.29) is 0 Å². The maximum absolute atomic E-state index is 6.72. The Kier molecular flexibility index (Phi) is 20.3. The first-order chi connectivity index (χ1) is 56.0. The lowest BCUT2D eigenvalue weighted by Gasteiger charge is -2.24. The summed E-state index contributed by atoms with van der Waals surface area (Å²) in [6.45, 7) is 3.32. The predicted octanol–water partition coefficient (Wildman–Crippen LogP) is 21.6. The van der Waals surface area contributed by atoms with Gasteiger partial charge in [0.15, 0.2) is 0 Å². The number of allylic oxidation sites excluding steroid dienone is 4. The molecular weight excluding hydrogens is 1410 g/mol. The Morgan fingerprint density at radius 3 is 0.621 bits per heavy atom. The van der Waals surface area contributed by atoms with Crippen molar-refractivity contribution in [2.75, 3.05) is 84.6 Å². The van der Waals surface area contributed by atoms with Crippen LogP contribution in [0.25, 0.3) is 89.1 Å². The van der Waals surface area contributed by atoms with E-state index >= 15 is 0 Å². The Labute approximate surface area is 684 Å². The van der Waals surface area contributed by atoms with Gasteiger partial charge >= 0.3 is 0 Å². The van der Waals surface area contributed by atoms with Crippen molar-refractivity contribution in [1.82, 2.24) is 9.97 Å². The number of H-pyrrole nitrogens is 2. The molecule has 2 N–H and O–H groups in total. The third-order valence-electron chi connectivity index (χ3n) is 21.9. The van der Waals surface area contributed by atoms with Crippen molar-refractivity contribution in [1.29, 1.82) is 0 Å². The molecule has 3 aliphatic rings. The van der Waals surface area contributed by atoms with Crippen molar-refractivity contribution < 1.29 is 17.9 Å². The number of benzene rings is 12.